The van der Waals surface area contributed by atoms with Gasteiger partial charge in [0.2, 0.25) is 5.16 Å². The van der Waals surface area contributed by atoms with Gasteiger partial charge in [-0.25, -0.2) is 9.78 Å². The highest BCUT2D eigenvalue weighted by molar-refractivity contribution is 8.04. The number of carboxylic acids is 1. The second kappa shape index (κ2) is 11.4. The molecule has 2 N–H and O–H groups in total. The maximum absolute atomic E-state index is 12.0. The van der Waals surface area contributed by atoms with Gasteiger partial charge in [0, 0.05) is 5.02 Å². The summed E-state index contributed by atoms with van der Waals surface area (Å²) in [5.74, 6) is 0.523. The molecule has 0 unspecified atom stereocenters. The van der Waals surface area contributed by atoms with Gasteiger partial charge >= 0.3 is 5.97 Å². The first-order valence-electron chi connectivity index (χ1n) is 11.6. The first-order valence-corrected chi connectivity index (χ1v) is 12.8. The van der Waals surface area contributed by atoms with E-state index < -0.39 is 5.97 Å². The van der Waals surface area contributed by atoms with Crippen molar-refractivity contribution < 1.29 is 19.4 Å². The van der Waals surface area contributed by atoms with Crippen molar-refractivity contribution in [1.29, 1.82) is 0 Å². The van der Waals surface area contributed by atoms with E-state index in [1.807, 2.05) is 42.5 Å². The summed E-state index contributed by atoms with van der Waals surface area (Å²) in [4.78, 5) is 16.5. The van der Waals surface area contributed by atoms with E-state index in [0.717, 1.165) is 28.1 Å². The number of hydrogen-bond donors (Lipinski definition) is 2. The summed E-state index contributed by atoms with van der Waals surface area (Å²) in [6.07, 6.45) is 1.56. The van der Waals surface area contributed by atoms with Gasteiger partial charge in [-0.3, -0.25) is 5.10 Å². The van der Waals surface area contributed by atoms with Crippen LogP contribution >= 0.6 is 23.4 Å². The number of H-pyrrole nitrogens is 1. The molecular weight excluding hydrogens is 522 g/mol. The standard InChI is InChI=1S/C29H22ClN3O4S/c1-36-25-13-12-21(30)16-24(25)27-31-29(33-32-27)38-26(28(34)35)15-18-6-4-10-22(14-18)37-17-20-9-5-8-19-7-2-3-11-23(19)20/h2-16H,17H2,1H3,(H,34,35)(H,31,32,33)/b26-15-. The molecule has 190 valence electrons. The van der Waals surface area contributed by atoms with E-state index in [2.05, 4.69) is 33.4 Å². The SMILES string of the molecule is COc1ccc(Cl)cc1-c1nc(S/C(=C\c2cccc(OCc3cccc4ccccc34)c2)C(=O)O)n[nH]1. The first kappa shape index (κ1) is 25.4. The smallest absolute Gasteiger partial charge is 0.342 e. The zero-order valence-electron chi connectivity index (χ0n) is 20.2. The summed E-state index contributed by atoms with van der Waals surface area (Å²) in [6.45, 7) is 0.391. The minimum atomic E-state index is -1.09. The number of nitrogens with zero attached hydrogens (tertiary/aromatic N) is 2. The maximum atomic E-state index is 12.0. The van der Waals surface area contributed by atoms with E-state index in [-0.39, 0.29) is 10.1 Å². The highest BCUT2D eigenvalue weighted by Crippen LogP contribution is 2.33. The number of benzene rings is 4. The molecule has 5 aromatic rings. The van der Waals surface area contributed by atoms with Crippen molar-refractivity contribution in [2.45, 2.75) is 11.8 Å². The van der Waals surface area contributed by atoms with Crippen molar-refractivity contribution in [1.82, 2.24) is 15.2 Å². The van der Waals surface area contributed by atoms with E-state index in [1.54, 1.807) is 37.5 Å². The number of ether oxygens (including phenoxy) is 2. The minimum Gasteiger partial charge on any atom is -0.496 e. The number of carboxylic acid groups (broad SMARTS) is 1. The summed E-state index contributed by atoms with van der Waals surface area (Å²) < 4.78 is 11.4. The summed E-state index contributed by atoms with van der Waals surface area (Å²) >= 11 is 7.06. The Morgan fingerprint density at radius 3 is 2.71 bits per heavy atom. The molecule has 0 aliphatic rings. The number of rotatable bonds is 9. The van der Waals surface area contributed by atoms with Crippen LogP contribution in [-0.2, 0) is 11.4 Å². The topological polar surface area (TPSA) is 97.3 Å². The number of nitrogens with one attached hydrogen (secondary N) is 1. The second-order valence-corrected chi connectivity index (χ2v) is 9.67. The first-order chi connectivity index (χ1) is 18.5. The molecule has 7 nitrogen and oxygen atoms in total. The van der Waals surface area contributed by atoms with Crippen LogP contribution in [0.2, 0.25) is 5.02 Å². The van der Waals surface area contributed by atoms with Crippen LogP contribution in [0.15, 0.2) is 95.0 Å². The molecule has 0 bridgehead atoms. The third kappa shape index (κ3) is 5.82. The Kier molecular flexibility index (Phi) is 7.62. The number of fused-ring (bicyclic) bond motifs is 1. The number of aromatic amines is 1. The van der Waals surface area contributed by atoms with Gasteiger partial charge in [-0.2, -0.15) is 0 Å². The van der Waals surface area contributed by atoms with Gasteiger partial charge in [-0.15, -0.1) is 5.10 Å². The van der Waals surface area contributed by atoms with E-state index >= 15 is 0 Å². The number of carbonyl (C=O) groups is 1. The molecule has 4 aromatic carbocycles. The average molecular weight is 544 g/mol. The van der Waals surface area contributed by atoms with Crippen LogP contribution in [0.3, 0.4) is 0 Å². The fourth-order valence-electron chi connectivity index (χ4n) is 3.94. The molecule has 0 saturated carbocycles. The van der Waals surface area contributed by atoms with Gasteiger partial charge in [-0.05, 0) is 70.1 Å². The zero-order chi connectivity index (χ0) is 26.5. The monoisotopic (exact) mass is 543 g/mol. The molecule has 1 aromatic heterocycles. The van der Waals surface area contributed by atoms with Crippen LogP contribution in [0.5, 0.6) is 11.5 Å². The van der Waals surface area contributed by atoms with Gasteiger partial charge in [-0.1, -0.05) is 66.2 Å². The van der Waals surface area contributed by atoms with Crippen LogP contribution in [0.4, 0.5) is 0 Å². The van der Waals surface area contributed by atoms with Gasteiger partial charge < -0.3 is 14.6 Å². The van der Waals surface area contributed by atoms with Crippen LogP contribution in [0, 0.1) is 0 Å². The lowest BCUT2D eigenvalue weighted by molar-refractivity contribution is -0.131. The molecule has 9 heteroatoms. The lowest BCUT2D eigenvalue weighted by Gasteiger charge is -2.10. The highest BCUT2D eigenvalue weighted by Gasteiger charge is 2.16. The molecule has 0 aliphatic carbocycles. The Balaban J connectivity index is 1.34. The fraction of sp³-hybridized carbons (Fsp3) is 0.0690. The Morgan fingerprint density at radius 1 is 1.05 bits per heavy atom. The largest absolute Gasteiger partial charge is 0.496 e. The summed E-state index contributed by atoms with van der Waals surface area (Å²) in [5, 5.41) is 19.9. The number of hydrogen-bond acceptors (Lipinski definition) is 6. The normalized spacial score (nSPS) is 11.5. The van der Waals surface area contributed by atoms with Crippen molar-refractivity contribution in [3.63, 3.8) is 0 Å². The van der Waals surface area contributed by atoms with E-state index in [9.17, 15) is 9.90 Å². The second-order valence-electron chi connectivity index (χ2n) is 8.23. The molecule has 0 amide bonds. The molecule has 0 fully saturated rings. The predicted octanol–water partition coefficient (Wildman–Crippen LogP) is 7.08. The van der Waals surface area contributed by atoms with Crippen LogP contribution in [0.25, 0.3) is 28.2 Å². The molecule has 0 radical (unpaired) electrons. The average Bonchev–Trinajstić information content (AvgIpc) is 3.40. The molecule has 0 atom stereocenters. The molecule has 5 rings (SSSR count). The van der Waals surface area contributed by atoms with Crippen LogP contribution in [0.1, 0.15) is 11.1 Å². The number of methoxy groups -OCH3 is 1. The Bertz CT molecular complexity index is 1650. The molecule has 0 saturated heterocycles. The number of aliphatic carboxylic acids is 1. The Labute approximate surface area is 228 Å². The van der Waals surface area contributed by atoms with Crippen molar-refractivity contribution in [2.75, 3.05) is 7.11 Å². The van der Waals surface area contributed by atoms with E-state index in [1.165, 1.54) is 0 Å². The summed E-state index contributed by atoms with van der Waals surface area (Å²) in [7, 11) is 1.55. The van der Waals surface area contributed by atoms with Crippen LogP contribution in [-0.4, -0.2) is 33.4 Å². The lowest BCUT2D eigenvalue weighted by Crippen LogP contribution is -1.98. The van der Waals surface area contributed by atoms with Crippen molar-refractivity contribution in [3.05, 3.63) is 106 Å². The molecule has 0 aliphatic heterocycles. The zero-order valence-corrected chi connectivity index (χ0v) is 21.8. The van der Waals surface area contributed by atoms with E-state index in [0.29, 0.717) is 40.1 Å². The van der Waals surface area contributed by atoms with Crippen molar-refractivity contribution >= 4 is 46.2 Å². The van der Waals surface area contributed by atoms with Crippen LogP contribution < -0.4 is 9.47 Å². The predicted molar refractivity (Wildman–Crippen MR) is 150 cm³/mol. The third-order valence-electron chi connectivity index (χ3n) is 5.72. The van der Waals surface area contributed by atoms with Gasteiger partial charge in [0.1, 0.15) is 23.0 Å². The van der Waals surface area contributed by atoms with Crippen molar-refractivity contribution in [2.24, 2.45) is 0 Å². The Morgan fingerprint density at radius 2 is 1.87 bits per heavy atom. The number of halogens is 1. The van der Waals surface area contributed by atoms with E-state index in [4.69, 9.17) is 21.1 Å². The molecule has 0 spiro atoms. The summed E-state index contributed by atoms with van der Waals surface area (Å²) in [5.41, 5.74) is 2.37. The highest BCUT2D eigenvalue weighted by atomic mass is 35.5. The molecular formula is C29H22ClN3O4S. The minimum absolute atomic E-state index is 0.0554. The third-order valence-corrected chi connectivity index (χ3v) is 6.84. The number of aromatic nitrogens is 3. The fourth-order valence-corrected chi connectivity index (χ4v) is 4.82. The summed E-state index contributed by atoms with van der Waals surface area (Å²) in [6, 6.07) is 26.7. The molecule has 1 heterocycles. The molecule has 38 heavy (non-hydrogen) atoms. The lowest BCUT2D eigenvalue weighted by atomic mass is 10.1. The van der Waals surface area contributed by atoms with Gasteiger partial charge in [0.25, 0.3) is 0 Å². The maximum Gasteiger partial charge on any atom is 0.342 e. The quantitative estimate of drug-likeness (QED) is 0.151. The van der Waals surface area contributed by atoms with Gasteiger partial charge in [0.05, 0.1) is 12.7 Å². The Hall–Kier alpha value is -4.27. The van der Waals surface area contributed by atoms with Gasteiger partial charge in [0.15, 0.2) is 5.82 Å². The number of thioether (sulfide) groups is 1. The van der Waals surface area contributed by atoms with Crippen molar-refractivity contribution in [3.8, 4) is 22.9 Å².